The van der Waals surface area contributed by atoms with E-state index in [0.29, 0.717) is 34.1 Å². The zero-order valence-corrected chi connectivity index (χ0v) is 21.4. The number of likely N-dealkylation sites (tertiary alicyclic amines) is 1. The molecule has 6 rings (SSSR count). The fourth-order valence-electron chi connectivity index (χ4n) is 5.67. The predicted octanol–water partition coefficient (Wildman–Crippen LogP) is 4.68. The van der Waals surface area contributed by atoms with Crippen molar-refractivity contribution in [1.82, 2.24) is 20.2 Å². The summed E-state index contributed by atoms with van der Waals surface area (Å²) < 4.78 is 21.3. The molecule has 3 fully saturated rings. The van der Waals surface area contributed by atoms with Crippen molar-refractivity contribution in [2.45, 2.75) is 51.4 Å². The Morgan fingerprint density at radius 1 is 1.14 bits per heavy atom. The number of rotatable bonds is 5. The number of halogens is 2. The number of aryl methyl sites for hydroxylation is 1. The molecule has 2 aromatic heterocycles. The minimum atomic E-state index is -1.11. The summed E-state index contributed by atoms with van der Waals surface area (Å²) >= 11 is 7.87. The highest BCUT2D eigenvalue weighted by molar-refractivity contribution is 7.19. The summed E-state index contributed by atoms with van der Waals surface area (Å²) in [7, 11) is 0. The van der Waals surface area contributed by atoms with E-state index in [1.165, 1.54) is 22.6 Å². The Morgan fingerprint density at radius 2 is 1.89 bits per heavy atom. The van der Waals surface area contributed by atoms with Gasteiger partial charge < -0.3 is 10.1 Å². The Bertz CT molecular complexity index is 1340. The summed E-state index contributed by atoms with van der Waals surface area (Å²) in [4.78, 5) is 37.2. The molecule has 7 nitrogen and oxygen atoms in total. The van der Waals surface area contributed by atoms with Crippen LogP contribution in [0.25, 0.3) is 21.5 Å². The van der Waals surface area contributed by atoms with Gasteiger partial charge in [-0.15, -0.1) is 11.3 Å². The van der Waals surface area contributed by atoms with Crippen molar-refractivity contribution in [3.8, 4) is 17.0 Å². The predicted molar refractivity (Wildman–Crippen MR) is 136 cm³/mol. The lowest BCUT2D eigenvalue weighted by atomic mass is 9.81. The Hall–Kier alpha value is -2.62. The highest BCUT2D eigenvalue weighted by Gasteiger charge is 2.48. The van der Waals surface area contributed by atoms with Gasteiger partial charge in [-0.2, -0.15) is 0 Å². The van der Waals surface area contributed by atoms with E-state index >= 15 is 0 Å². The van der Waals surface area contributed by atoms with Crippen LogP contribution in [0.5, 0.6) is 5.75 Å². The van der Waals surface area contributed by atoms with Crippen LogP contribution in [0.4, 0.5) is 4.39 Å². The maximum atomic E-state index is 14.3. The van der Waals surface area contributed by atoms with E-state index < -0.39 is 12.3 Å². The van der Waals surface area contributed by atoms with Crippen LogP contribution >= 0.6 is 22.9 Å². The molecule has 3 aromatic rings. The van der Waals surface area contributed by atoms with Crippen LogP contribution in [0.2, 0.25) is 5.02 Å². The Morgan fingerprint density at radius 3 is 2.58 bits per heavy atom. The van der Waals surface area contributed by atoms with Crippen molar-refractivity contribution >= 4 is 45.0 Å². The molecule has 2 amide bonds. The van der Waals surface area contributed by atoms with Gasteiger partial charge in [0.05, 0.1) is 34.3 Å². The standard InChI is InChI=1S/C26H26ClFN4O3S/c1-13-6-14(27)7-18(23(13)35-21-10-29-9-19(21)28)22-24-20(30-12-31-22)8-15(36-24)11-32-25(33)16-4-2-3-5-17(16)26(32)34/h6-8,12,16-17,19,21,29H,2-5,9-11H2,1H3/t16?,17?,19-,21+/m0/s1. The van der Waals surface area contributed by atoms with E-state index in [1.807, 2.05) is 13.0 Å². The third-order valence-electron chi connectivity index (χ3n) is 7.46. The molecule has 188 valence electrons. The summed E-state index contributed by atoms with van der Waals surface area (Å²) in [6.45, 7) is 2.79. The molecule has 0 radical (unpaired) electrons. The Kier molecular flexibility index (Phi) is 6.17. The molecule has 3 aliphatic rings. The quantitative estimate of drug-likeness (QED) is 0.484. The van der Waals surface area contributed by atoms with Gasteiger partial charge in [0.1, 0.15) is 18.2 Å². The first kappa shape index (κ1) is 23.8. The number of hydrogen-bond donors (Lipinski definition) is 1. The number of aromatic nitrogens is 2. The molecular weight excluding hydrogens is 503 g/mol. The molecule has 2 saturated heterocycles. The zero-order valence-electron chi connectivity index (χ0n) is 19.8. The van der Waals surface area contributed by atoms with Crippen LogP contribution in [0.3, 0.4) is 0 Å². The smallest absolute Gasteiger partial charge is 0.233 e. The van der Waals surface area contributed by atoms with Crippen LogP contribution in [0, 0.1) is 18.8 Å². The third-order valence-corrected chi connectivity index (χ3v) is 8.79. The van der Waals surface area contributed by atoms with Gasteiger partial charge in [0.2, 0.25) is 11.8 Å². The number of alkyl halides is 1. The molecule has 4 atom stereocenters. The fourth-order valence-corrected chi connectivity index (χ4v) is 7.04. The minimum Gasteiger partial charge on any atom is -0.485 e. The van der Waals surface area contributed by atoms with E-state index in [9.17, 15) is 14.0 Å². The summed E-state index contributed by atoms with van der Waals surface area (Å²) in [5, 5.41) is 3.54. The Balaban J connectivity index is 1.36. The fraction of sp³-hybridized carbons (Fsp3) is 0.462. The highest BCUT2D eigenvalue weighted by Crippen LogP contribution is 2.42. The molecule has 2 unspecified atom stereocenters. The summed E-state index contributed by atoms with van der Waals surface area (Å²) in [6, 6.07) is 5.47. The largest absolute Gasteiger partial charge is 0.485 e. The second kappa shape index (κ2) is 9.36. The zero-order chi connectivity index (χ0) is 25.0. The SMILES string of the molecule is Cc1cc(Cl)cc(-c2ncnc3cc(CN4C(=O)C5CCCCC5C4=O)sc23)c1O[C@@H]1CNC[C@@H]1F. The molecule has 1 aliphatic carbocycles. The van der Waals surface area contributed by atoms with E-state index in [1.54, 1.807) is 12.1 Å². The molecular formula is C26H26ClFN4O3S. The number of carbonyl (C=O) groups is 2. The van der Waals surface area contributed by atoms with E-state index in [2.05, 4.69) is 15.3 Å². The normalized spacial score (nSPS) is 26.1. The van der Waals surface area contributed by atoms with Crippen molar-refractivity contribution in [2.75, 3.05) is 13.1 Å². The minimum absolute atomic E-state index is 0.0550. The molecule has 1 N–H and O–H groups in total. The highest BCUT2D eigenvalue weighted by atomic mass is 35.5. The number of amides is 2. The number of nitrogens with zero attached hydrogens (tertiary/aromatic N) is 3. The number of nitrogens with one attached hydrogen (secondary N) is 1. The van der Waals surface area contributed by atoms with E-state index in [-0.39, 0.29) is 36.7 Å². The molecule has 10 heteroatoms. The maximum absolute atomic E-state index is 14.3. The molecule has 4 heterocycles. The first-order chi connectivity index (χ1) is 17.4. The van der Waals surface area contributed by atoms with Gasteiger partial charge >= 0.3 is 0 Å². The number of hydrogen-bond acceptors (Lipinski definition) is 7. The second-order valence-corrected chi connectivity index (χ2v) is 11.4. The van der Waals surface area contributed by atoms with Crippen molar-refractivity contribution in [1.29, 1.82) is 0 Å². The summed E-state index contributed by atoms with van der Waals surface area (Å²) in [6.07, 6.45) is 3.35. The van der Waals surface area contributed by atoms with Crippen molar-refractivity contribution < 1.29 is 18.7 Å². The van der Waals surface area contributed by atoms with Gasteiger partial charge in [-0.25, -0.2) is 14.4 Å². The molecule has 1 aromatic carbocycles. The van der Waals surface area contributed by atoms with Crippen LogP contribution in [-0.2, 0) is 16.1 Å². The second-order valence-electron chi connectivity index (χ2n) is 9.84. The van der Waals surface area contributed by atoms with E-state index in [4.69, 9.17) is 16.3 Å². The topological polar surface area (TPSA) is 84.4 Å². The molecule has 0 spiro atoms. The van der Waals surface area contributed by atoms with Gasteiger partial charge in [-0.3, -0.25) is 14.5 Å². The monoisotopic (exact) mass is 528 g/mol. The van der Waals surface area contributed by atoms with Gasteiger partial charge in [0.15, 0.2) is 6.17 Å². The number of ether oxygens (including phenoxy) is 1. The first-order valence-electron chi connectivity index (χ1n) is 12.3. The van der Waals surface area contributed by atoms with Crippen molar-refractivity contribution in [2.24, 2.45) is 11.8 Å². The van der Waals surface area contributed by atoms with Gasteiger partial charge in [0, 0.05) is 28.6 Å². The lowest BCUT2D eigenvalue weighted by Crippen LogP contribution is -2.30. The van der Waals surface area contributed by atoms with Crippen molar-refractivity contribution in [3.63, 3.8) is 0 Å². The Labute approximate surface area is 217 Å². The lowest BCUT2D eigenvalue weighted by Gasteiger charge is -2.20. The average molecular weight is 529 g/mol. The maximum Gasteiger partial charge on any atom is 0.233 e. The number of thiophene rings is 1. The number of imide groups is 1. The number of carbonyl (C=O) groups excluding carboxylic acids is 2. The van der Waals surface area contributed by atoms with Gasteiger partial charge in [0.25, 0.3) is 0 Å². The van der Waals surface area contributed by atoms with Gasteiger partial charge in [-0.1, -0.05) is 24.4 Å². The van der Waals surface area contributed by atoms with Crippen LogP contribution in [0.15, 0.2) is 24.5 Å². The third kappa shape index (κ3) is 4.07. The average Bonchev–Trinajstić information content (AvgIpc) is 3.53. The number of benzene rings is 1. The van der Waals surface area contributed by atoms with Crippen LogP contribution < -0.4 is 10.1 Å². The van der Waals surface area contributed by atoms with E-state index in [0.717, 1.165) is 40.8 Å². The molecule has 36 heavy (non-hydrogen) atoms. The first-order valence-corrected chi connectivity index (χ1v) is 13.5. The molecule has 0 bridgehead atoms. The van der Waals surface area contributed by atoms with Crippen LogP contribution in [0.1, 0.15) is 36.1 Å². The number of fused-ring (bicyclic) bond motifs is 2. The summed E-state index contributed by atoms with van der Waals surface area (Å²) in [5.74, 6) is 0.0878. The molecule has 2 aliphatic heterocycles. The van der Waals surface area contributed by atoms with Crippen molar-refractivity contribution in [3.05, 3.63) is 40.0 Å². The van der Waals surface area contributed by atoms with Gasteiger partial charge in [-0.05, 0) is 43.5 Å². The summed E-state index contributed by atoms with van der Waals surface area (Å²) in [5.41, 5.74) is 2.80. The molecule has 1 saturated carbocycles. The van der Waals surface area contributed by atoms with Crippen LogP contribution in [-0.4, -0.2) is 52.0 Å². The lowest BCUT2D eigenvalue weighted by molar-refractivity contribution is -0.140.